The van der Waals surface area contributed by atoms with E-state index in [-0.39, 0.29) is 11.8 Å². The van der Waals surface area contributed by atoms with Crippen LogP contribution in [-0.2, 0) is 9.59 Å². The minimum atomic E-state index is -0.210. The van der Waals surface area contributed by atoms with Crippen LogP contribution in [0, 0.1) is 20.8 Å². The zero-order valence-corrected chi connectivity index (χ0v) is 14.3. The van der Waals surface area contributed by atoms with E-state index in [2.05, 4.69) is 15.6 Å². The third-order valence-corrected chi connectivity index (χ3v) is 3.43. The maximum Gasteiger partial charge on any atom is 0.248 e. The topological polar surface area (TPSA) is 71.1 Å². The van der Waals surface area contributed by atoms with Gasteiger partial charge < -0.3 is 10.6 Å². The van der Waals surface area contributed by atoms with Gasteiger partial charge in [0.05, 0.1) is 11.4 Å². The number of nitrogens with zero attached hydrogens (tertiary/aromatic N) is 1. The fourth-order valence-corrected chi connectivity index (χ4v) is 2.43. The van der Waals surface area contributed by atoms with Gasteiger partial charge in [-0.3, -0.25) is 14.6 Å². The van der Waals surface area contributed by atoms with E-state index < -0.39 is 0 Å². The second-order valence-electron chi connectivity index (χ2n) is 5.67. The van der Waals surface area contributed by atoms with Crippen molar-refractivity contribution in [3.8, 4) is 0 Å². The molecule has 2 amide bonds. The van der Waals surface area contributed by atoms with Gasteiger partial charge in [-0.15, -0.1) is 0 Å². The molecule has 0 fully saturated rings. The van der Waals surface area contributed by atoms with Crippen LogP contribution in [0.15, 0.2) is 36.4 Å². The van der Waals surface area contributed by atoms with Crippen LogP contribution >= 0.6 is 0 Å². The van der Waals surface area contributed by atoms with Gasteiger partial charge >= 0.3 is 0 Å². The summed E-state index contributed by atoms with van der Waals surface area (Å²) in [7, 11) is 0. The molecule has 0 aliphatic carbocycles. The molecule has 0 atom stereocenters. The average molecular weight is 323 g/mol. The molecule has 0 aliphatic rings. The first-order valence-corrected chi connectivity index (χ1v) is 7.66. The molecule has 0 aliphatic heterocycles. The Hall–Kier alpha value is -2.95. The minimum absolute atomic E-state index is 0.116. The number of pyridine rings is 1. The molecular formula is C19H21N3O2. The Labute approximate surface area is 141 Å². The second kappa shape index (κ2) is 7.55. The molecule has 1 aromatic heterocycles. The van der Waals surface area contributed by atoms with Crippen molar-refractivity contribution in [1.29, 1.82) is 0 Å². The fourth-order valence-electron chi connectivity index (χ4n) is 2.43. The average Bonchev–Trinajstić information content (AvgIpc) is 2.49. The number of hydrogen-bond donors (Lipinski definition) is 2. The van der Waals surface area contributed by atoms with Crippen LogP contribution in [0.2, 0.25) is 0 Å². The molecule has 0 bridgehead atoms. The lowest BCUT2D eigenvalue weighted by molar-refractivity contribution is -0.114. The summed E-state index contributed by atoms with van der Waals surface area (Å²) in [5.41, 5.74) is 5.06. The van der Waals surface area contributed by atoms with Gasteiger partial charge in [-0.1, -0.05) is 12.1 Å². The van der Waals surface area contributed by atoms with E-state index in [1.54, 1.807) is 18.2 Å². The summed E-state index contributed by atoms with van der Waals surface area (Å²) in [5, 5.41) is 5.57. The van der Waals surface area contributed by atoms with Crippen molar-refractivity contribution >= 4 is 29.3 Å². The predicted molar refractivity (Wildman–Crippen MR) is 96.9 cm³/mol. The molecule has 0 unspecified atom stereocenters. The molecule has 24 heavy (non-hydrogen) atoms. The number of amides is 2. The zero-order valence-electron chi connectivity index (χ0n) is 14.3. The molecule has 0 saturated heterocycles. The van der Waals surface area contributed by atoms with Crippen LogP contribution in [0.5, 0.6) is 0 Å². The van der Waals surface area contributed by atoms with Gasteiger partial charge in [0.2, 0.25) is 11.8 Å². The summed E-state index contributed by atoms with van der Waals surface area (Å²) >= 11 is 0. The Balaban J connectivity index is 2.04. The van der Waals surface area contributed by atoms with Gasteiger partial charge in [0, 0.05) is 24.4 Å². The van der Waals surface area contributed by atoms with Crippen LogP contribution in [0.4, 0.5) is 11.4 Å². The van der Waals surface area contributed by atoms with Gasteiger partial charge in [-0.25, -0.2) is 0 Å². The molecule has 5 nitrogen and oxygen atoms in total. The number of carbonyl (C=O) groups is 2. The predicted octanol–water partition coefficient (Wildman–Crippen LogP) is 3.62. The van der Waals surface area contributed by atoms with Crippen LogP contribution in [0.25, 0.3) is 6.08 Å². The lowest BCUT2D eigenvalue weighted by Crippen LogP contribution is -2.11. The van der Waals surface area contributed by atoms with Crippen molar-refractivity contribution in [1.82, 2.24) is 4.98 Å². The summed E-state index contributed by atoms with van der Waals surface area (Å²) in [5.74, 6) is -0.326. The first kappa shape index (κ1) is 17.4. The zero-order chi connectivity index (χ0) is 17.7. The van der Waals surface area contributed by atoms with Crippen molar-refractivity contribution in [3.05, 3.63) is 58.9 Å². The molecular weight excluding hydrogens is 302 g/mol. The van der Waals surface area contributed by atoms with Crippen LogP contribution < -0.4 is 10.6 Å². The molecule has 5 heteroatoms. The van der Waals surface area contributed by atoms with Gasteiger partial charge in [-0.2, -0.15) is 0 Å². The van der Waals surface area contributed by atoms with E-state index in [1.165, 1.54) is 13.0 Å². The highest BCUT2D eigenvalue weighted by atomic mass is 16.2. The molecule has 124 valence electrons. The van der Waals surface area contributed by atoms with Gasteiger partial charge in [-0.05, 0) is 56.2 Å². The first-order chi connectivity index (χ1) is 11.3. The summed E-state index contributed by atoms with van der Waals surface area (Å²) in [6.45, 7) is 7.21. The van der Waals surface area contributed by atoms with E-state index >= 15 is 0 Å². The monoisotopic (exact) mass is 323 g/mol. The Morgan fingerprint density at radius 1 is 1.04 bits per heavy atom. The molecule has 2 aromatic rings. The third-order valence-electron chi connectivity index (χ3n) is 3.43. The number of benzene rings is 1. The van der Waals surface area contributed by atoms with Crippen molar-refractivity contribution in [3.63, 3.8) is 0 Å². The number of nitrogens with one attached hydrogen (secondary N) is 2. The van der Waals surface area contributed by atoms with Crippen LogP contribution in [0.1, 0.15) is 29.4 Å². The lowest BCUT2D eigenvalue weighted by Gasteiger charge is -2.10. The van der Waals surface area contributed by atoms with Gasteiger partial charge in [0.25, 0.3) is 0 Å². The molecule has 1 heterocycles. The van der Waals surface area contributed by atoms with Crippen LogP contribution in [-0.4, -0.2) is 16.8 Å². The third kappa shape index (κ3) is 4.78. The summed E-state index contributed by atoms with van der Waals surface area (Å²) < 4.78 is 0. The number of hydrogen-bond acceptors (Lipinski definition) is 3. The van der Waals surface area contributed by atoms with Crippen LogP contribution in [0.3, 0.4) is 0 Å². The maximum atomic E-state index is 12.1. The molecule has 2 rings (SSSR count). The number of aryl methyl sites for hydroxylation is 3. The SMILES string of the molecule is CC(=O)Nc1ccc(/C=C/C(=O)Nc2c(C)cc(C)nc2C)cc1. The molecule has 1 aromatic carbocycles. The van der Waals surface area contributed by atoms with E-state index in [1.807, 2.05) is 39.0 Å². The highest BCUT2D eigenvalue weighted by molar-refractivity contribution is 6.02. The lowest BCUT2D eigenvalue weighted by atomic mass is 10.1. The molecule has 0 saturated carbocycles. The maximum absolute atomic E-state index is 12.1. The smallest absolute Gasteiger partial charge is 0.248 e. The molecule has 2 N–H and O–H groups in total. The highest BCUT2D eigenvalue weighted by Gasteiger charge is 2.07. The standard InChI is InChI=1S/C19H21N3O2/c1-12-11-13(2)20-14(3)19(12)22-18(24)10-7-16-5-8-17(9-6-16)21-15(4)23/h5-11H,1-4H3,(H,21,23)(H,22,24)/b10-7+. The van der Waals surface area contributed by atoms with Crippen molar-refractivity contribution in [2.75, 3.05) is 10.6 Å². The first-order valence-electron chi connectivity index (χ1n) is 7.66. The van der Waals surface area contributed by atoms with Crippen molar-refractivity contribution in [2.24, 2.45) is 0 Å². The molecule has 0 spiro atoms. The van der Waals surface area contributed by atoms with Crippen molar-refractivity contribution in [2.45, 2.75) is 27.7 Å². The Kier molecular flexibility index (Phi) is 5.47. The summed E-state index contributed by atoms with van der Waals surface area (Å²) in [4.78, 5) is 27.5. The van der Waals surface area contributed by atoms with E-state index in [0.29, 0.717) is 0 Å². The number of carbonyl (C=O) groups excluding carboxylic acids is 2. The second-order valence-corrected chi connectivity index (χ2v) is 5.67. The Bertz CT molecular complexity index is 770. The quantitative estimate of drug-likeness (QED) is 0.844. The Morgan fingerprint density at radius 2 is 1.71 bits per heavy atom. The number of aromatic nitrogens is 1. The summed E-state index contributed by atoms with van der Waals surface area (Å²) in [6, 6.07) is 9.18. The molecule has 0 radical (unpaired) electrons. The van der Waals surface area contributed by atoms with Crippen molar-refractivity contribution < 1.29 is 9.59 Å². The van der Waals surface area contributed by atoms with E-state index in [9.17, 15) is 9.59 Å². The minimum Gasteiger partial charge on any atom is -0.326 e. The van der Waals surface area contributed by atoms with Gasteiger partial charge in [0.15, 0.2) is 0 Å². The Morgan fingerprint density at radius 3 is 2.29 bits per heavy atom. The summed E-state index contributed by atoms with van der Waals surface area (Å²) in [6.07, 6.45) is 3.20. The van der Waals surface area contributed by atoms with E-state index in [0.717, 1.165) is 33.9 Å². The highest BCUT2D eigenvalue weighted by Crippen LogP contribution is 2.19. The van der Waals surface area contributed by atoms with E-state index in [4.69, 9.17) is 0 Å². The largest absolute Gasteiger partial charge is 0.326 e. The number of rotatable bonds is 4. The van der Waals surface area contributed by atoms with Gasteiger partial charge in [0.1, 0.15) is 0 Å². The fraction of sp³-hybridized carbons (Fsp3) is 0.211. The normalized spacial score (nSPS) is 10.7. The number of anilines is 2.